The van der Waals surface area contributed by atoms with E-state index in [4.69, 9.17) is 0 Å². The Labute approximate surface area is 127 Å². The van der Waals surface area contributed by atoms with Crippen molar-refractivity contribution in [2.24, 2.45) is 0 Å². The molecule has 1 aliphatic heterocycles. The molecular weight excluding hydrogens is 256 g/mol. The number of nitrogens with one attached hydrogen (secondary N) is 1. The Morgan fingerprint density at radius 3 is 2.38 bits per heavy atom. The SMILES string of the molecule is c1ccc(CNc2cccc(CN3CCCCC3)c2)cc1. The smallest absolute Gasteiger partial charge is 0.0400 e. The first-order valence-corrected chi connectivity index (χ1v) is 7.99. The molecule has 1 N–H and O–H groups in total. The third-order valence-corrected chi connectivity index (χ3v) is 4.12. The molecule has 1 heterocycles. The summed E-state index contributed by atoms with van der Waals surface area (Å²) >= 11 is 0. The zero-order valence-corrected chi connectivity index (χ0v) is 12.6. The molecule has 0 bridgehead atoms. The van der Waals surface area contributed by atoms with Gasteiger partial charge in [-0.2, -0.15) is 0 Å². The fraction of sp³-hybridized carbons (Fsp3) is 0.368. The number of piperidine rings is 1. The highest BCUT2D eigenvalue weighted by Crippen LogP contribution is 2.16. The molecule has 1 fully saturated rings. The van der Waals surface area contributed by atoms with Crippen LogP contribution in [0.4, 0.5) is 5.69 Å². The van der Waals surface area contributed by atoms with Crippen molar-refractivity contribution in [1.29, 1.82) is 0 Å². The molecule has 2 heteroatoms. The number of benzene rings is 2. The van der Waals surface area contributed by atoms with E-state index in [1.54, 1.807) is 0 Å². The van der Waals surface area contributed by atoms with Crippen molar-refractivity contribution in [3.05, 3.63) is 65.7 Å². The Balaban J connectivity index is 1.57. The third kappa shape index (κ3) is 4.33. The minimum Gasteiger partial charge on any atom is -0.381 e. The summed E-state index contributed by atoms with van der Waals surface area (Å²) in [5.74, 6) is 0. The molecule has 1 saturated heterocycles. The van der Waals surface area contributed by atoms with E-state index in [-0.39, 0.29) is 0 Å². The van der Waals surface area contributed by atoms with Crippen LogP contribution in [-0.2, 0) is 13.1 Å². The number of hydrogen-bond acceptors (Lipinski definition) is 2. The molecule has 0 radical (unpaired) electrons. The average Bonchev–Trinajstić information content (AvgIpc) is 2.55. The lowest BCUT2D eigenvalue weighted by molar-refractivity contribution is 0.221. The predicted octanol–water partition coefficient (Wildman–Crippen LogP) is 4.28. The highest BCUT2D eigenvalue weighted by Gasteiger charge is 2.10. The molecule has 2 nitrogen and oxygen atoms in total. The molecule has 0 spiro atoms. The highest BCUT2D eigenvalue weighted by molar-refractivity contribution is 5.46. The van der Waals surface area contributed by atoms with Gasteiger partial charge in [-0.05, 0) is 49.2 Å². The topological polar surface area (TPSA) is 15.3 Å². The molecule has 1 aliphatic rings. The van der Waals surface area contributed by atoms with Crippen LogP contribution in [0.5, 0.6) is 0 Å². The Kier molecular flexibility index (Phi) is 4.90. The number of nitrogens with zero attached hydrogens (tertiary/aromatic N) is 1. The Morgan fingerprint density at radius 2 is 1.57 bits per heavy atom. The second-order valence-electron chi connectivity index (χ2n) is 5.88. The molecule has 2 aromatic carbocycles. The van der Waals surface area contributed by atoms with Gasteiger partial charge in [-0.1, -0.05) is 48.9 Å². The van der Waals surface area contributed by atoms with Gasteiger partial charge in [-0.3, -0.25) is 4.90 Å². The zero-order valence-electron chi connectivity index (χ0n) is 12.6. The molecule has 0 aromatic heterocycles. The van der Waals surface area contributed by atoms with Crippen LogP contribution in [0.1, 0.15) is 30.4 Å². The number of hydrogen-bond donors (Lipinski definition) is 1. The molecular formula is C19H24N2. The highest BCUT2D eigenvalue weighted by atomic mass is 15.1. The summed E-state index contributed by atoms with van der Waals surface area (Å²) in [5, 5.41) is 3.52. The number of rotatable bonds is 5. The summed E-state index contributed by atoms with van der Waals surface area (Å²) in [5.41, 5.74) is 3.95. The Bertz CT molecular complexity index is 545. The molecule has 0 aliphatic carbocycles. The van der Waals surface area contributed by atoms with Gasteiger partial charge in [-0.25, -0.2) is 0 Å². The quantitative estimate of drug-likeness (QED) is 0.879. The van der Waals surface area contributed by atoms with Crippen LogP contribution in [0.25, 0.3) is 0 Å². The van der Waals surface area contributed by atoms with Crippen LogP contribution >= 0.6 is 0 Å². The summed E-state index contributed by atoms with van der Waals surface area (Å²) < 4.78 is 0. The third-order valence-electron chi connectivity index (χ3n) is 4.12. The maximum atomic E-state index is 3.52. The standard InChI is InChI=1S/C19H24N2/c1-3-8-17(9-4-1)15-20-19-11-7-10-18(14-19)16-21-12-5-2-6-13-21/h1,3-4,7-11,14,20H,2,5-6,12-13,15-16H2. The fourth-order valence-corrected chi connectivity index (χ4v) is 2.96. The molecule has 110 valence electrons. The first-order valence-electron chi connectivity index (χ1n) is 7.99. The summed E-state index contributed by atoms with van der Waals surface area (Å²) in [6.07, 6.45) is 4.10. The van der Waals surface area contributed by atoms with Crippen molar-refractivity contribution in [2.45, 2.75) is 32.4 Å². The first kappa shape index (κ1) is 14.2. The Morgan fingerprint density at radius 1 is 0.810 bits per heavy atom. The summed E-state index contributed by atoms with van der Waals surface area (Å²) in [6.45, 7) is 4.47. The lowest BCUT2D eigenvalue weighted by Gasteiger charge is -2.26. The zero-order chi connectivity index (χ0) is 14.3. The normalized spacial score (nSPS) is 15.8. The molecule has 0 unspecified atom stereocenters. The van der Waals surface area contributed by atoms with Crippen molar-refractivity contribution in [3.63, 3.8) is 0 Å². The molecule has 0 amide bonds. The van der Waals surface area contributed by atoms with Crippen molar-refractivity contribution in [2.75, 3.05) is 18.4 Å². The Hall–Kier alpha value is -1.80. The van der Waals surface area contributed by atoms with E-state index >= 15 is 0 Å². The summed E-state index contributed by atoms with van der Waals surface area (Å²) in [4.78, 5) is 2.57. The number of likely N-dealkylation sites (tertiary alicyclic amines) is 1. The molecule has 2 aromatic rings. The van der Waals surface area contributed by atoms with Gasteiger partial charge in [0.25, 0.3) is 0 Å². The lowest BCUT2D eigenvalue weighted by Crippen LogP contribution is -2.29. The van der Waals surface area contributed by atoms with Crippen LogP contribution in [0.2, 0.25) is 0 Å². The van der Waals surface area contributed by atoms with Gasteiger partial charge in [0.2, 0.25) is 0 Å². The maximum Gasteiger partial charge on any atom is 0.0400 e. The molecule has 3 rings (SSSR count). The monoisotopic (exact) mass is 280 g/mol. The molecule has 21 heavy (non-hydrogen) atoms. The van der Waals surface area contributed by atoms with Crippen molar-refractivity contribution < 1.29 is 0 Å². The second kappa shape index (κ2) is 7.28. The van der Waals surface area contributed by atoms with Gasteiger partial charge >= 0.3 is 0 Å². The fourth-order valence-electron chi connectivity index (χ4n) is 2.96. The van der Waals surface area contributed by atoms with E-state index in [1.165, 1.54) is 49.2 Å². The molecule has 0 atom stereocenters. The van der Waals surface area contributed by atoms with Gasteiger partial charge in [0.1, 0.15) is 0 Å². The largest absolute Gasteiger partial charge is 0.381 e. The van der Waals surface area contributed by atoms with E-state index < -0.39 is 0 Å². The van der Waals surface area contributed by atoms with Crippen LogP contribution in [0.15, 0.2) is 54.6 Å². The van der Waals surface area contributed by atoms with Gasteiger partial charge < -0.3 is 5.32 Å². The van der Waals surface area contributed by atoms with Crippen LogP contribution in [-0.4, -0.2) is 18.0 Å². The van der Waals surface area contributed by atoms with Crippen LogP contribution in [0.3, 0.4) is 0 Å². The average molecular weight is 280 g/mol. The number of anilines is 1. The van der Waals surface area contributed by atoms with E-state index in [1.807, 2.05) is 0 Å². The van der Waals surface area contributed by atoms with E-state index in [2.05, 4.69) is 64.8 Å². The van der Waals surface area contributed by atoms with Gasteiger partial charge in [-0.15, -0.1) is 0 Å². The first-order chi connectivity index (χ1) is 10.4. The van der Waals surface area contributed by atoms with Crippen molar-refractivity contribution in [1.82, 2.24) is 4.90 Å². The summed E-state index contributed by atoms with van der Waals surface area (Å²) in [7, 11) is 0. The lowest BCUT2D eigenvalue weighted by atomic mass is 10.1. The minimum absolute atomic E-state index is 0.883. The second-order valence-corrected chi connectivity index (χ2v) is 5.88. The predicted molar refractivity (Wildman–Crippen MR) is 89.3 cm³/mol. The van der Waals surface area contributed by atoms with E-state index in [0.717, 1.165) is 13.1 Å². The van der Waals surface area contributed by atoms with Gasteiger partial charge in [0, 0.05) is 18.8 Å². The summed E-state index contributed by atoms with van der Waals surface area (Å²) in [6, 6.07) is 19.4. The molecule has 0 saturated carbocycles. The van der Waals surface area contributed by atoms with E-state index in [0.29, 0.717) is 0 Å². The van der Waals surface area contributed by atoms with E-state index in [9.17, 15) is 0 Å². The van der Waals surface area contributed by atoms with Gasteiger partial charge in [0.15, 0.2) is 0 Å². The maximum absolute atomic E-state index is 3.52. The van der Waals surface area contributed by atoms with Crippen LogP contribution < -0.4 is 5.32 Å². The van der Waals surface area contributed by atoms with Crippen molar-refractivity contribution >= 4 is 5.69 Å². The van der Waals surface area contributed by atoms with Crippen LogP contribution in [0, 0.1) is 0 Å². The van der Waals surface area contributed by atoms with Crippen molar-refractivity contribution in [3.8, 4) is 0 Å². The van der Waals surface area contributed by atoms with Gasteiger partial charge in [0.05, 0.1) is 0 Å². The minimum atomic E-state index is 0.883.